The Morgan fingerprint density at radius 1 is 1.00 bits per heavy atom. The quantitative estimate of drug-likeness (QED) is 0.665. The van der Waals surface area contributed by atoms with Crippen molar-refractivity contribution in [1.82, 2.24) is 4.90 Å². The Labute approximate surface area is 143 Å². The predicted molar refractivity (Wildman–Crippen MR) is 95.1 cm³/mol. The van der Waals surface area contributed by atoms with Crippen molar-refractivity contribution in [1.29, 1.82) is 0 Å². The molecule has 2 aromatic rings. The van der Waals surface area contributed by atoms with Gasteiger partial charge in [0.15, 0.2) is 5.78 Å². The molecule has 0 aliphatic heterocycles. The summed E-state index contributed by atoms with van der Waals surface area (Å²) < 4.78 is 11.3. The maximum atomic E-state index is 12.7. The zero-order chi connectivity index (χ0) is 17.1. The summed E-state index contributed by atoms with van der Waals surface area (Å²) in [6.45, 7) is 7.79. The van der Waals surface area contributed by atoms with Crippen molar-refractivity contribution >= 4 is 5.78 Å². The van der Waals surface area contributed by atoms with Gasteiger partial charge in [-0.3, -0.25) is 4.79 Å². The van der Waals surface area contributed by atoms with Crippen molar-refractivity contribution in [2.24, 2.45) is 0 Å². The molecular weight excluding hydrogens is 302 g/mol. The van der Waals surface area contributed by atoms with Gasteiger partial charge in [0.2, 0.25) is 0 Å². The van der Waals surface area contributed by atoms with Gasteiger partial charge in [-0.15, -0.1) is 0 Å². The molecule has 2 aromatic carbocycles. The normalized spacial score (nSPS) is 12.2. The van der Waals surface area contributed by atoms with E-state index in [1.807, 2.05) is 30.3 Å². The summed E-state index contributed by atoms with van der Waals surface area (Å²) in [7, 11) is 1.61. The number of likely N-dealkylation sites (N-methyl/N-ethyl adjacent to an activating group) is 1. The Morgan fingerprint density at radius 3 is 2.50 bits per heavy atom. The highest BCUT2D eigenvalue weighted by Gasteiger charge is 2.29. The van der Waals surface area contributed by atoms with Crippen molar-refractivity contribution in [2.75, 3.05) is 33.4 Å². The van der Waals surface area contributed by atoms with Gasteiger partial charge in [-0.1, -0.05) is 26.0 Å². The van der Waals surface area contributed by atoms with E-state index in [0.29, 0.717) is 23.5 Å². The van der Waals surface area contributed by atoms with Crippen LogP contribution in [-0.2, 0) is 0 Å². The molecule has 0 amide bonds. The molecule has 0 unspecified atom stereocenters. The number of benzene rings is 2. The first-order valence-corrected chi connectivity index (χ1v) is 8.40. The zero-order valence-electron chi connectivity index (χ0n) is 14.5. The molecule has 0 saturated carbocycles. The smallest absolute Gasteiger partial charge is 0.194 e. The van der Waals surface area contributed by atoms with Crippen molar-refractivity contribution in [3.8, 4) is 22.6 Å². The summed E-state index contributed by atoms with van der Waals surface area (Å²) in [6, 6.07) is 11.3. The fourth-order valence-corrected chi connectivity index (χ4v) is 3.14. The summed E-state index contributed by atoms with van der Waals surface area (Å²) in [4.78, 5) is 15.0. The van der Waals surface area contributed by atoms with Crippen LogP contribution in [0.3, 0.4) is 0 Å². The Balaban J connectivity index is 1.89. The van der Waals surface area contributed by atoms with E-state index in [-0.39, 0.29) is 5.78 Å². The van der Waals surface area contributed by atoms with Crippen LogP contribution >= 0.6 is 0 Å². The van der Waals surface area contributed by atoms with Gasteiger partial charge in [-0.05, 0) is 42.9 Å². The Hall–Kier alpha value is -2.33. The van der Waals surface area contributed by atoms with Gasteiger partial charge < -0.3 is 14.4 Å². The third-order valence-corrected chi connectivity index (χ3v) is 4.57. The highest BCUT2D eigenvalue weighted by molar-refractivity contribution is 6.22. The molecule has 24 heavy (non-hydrogen) atoms. The number of ketones is 1. The summed E-state index contributed by atoms with van der Waals surface area (Å²) in [5.74, 6) is 1.50. The molecule has 0 fully saturated rings. The minimum Gasteiger partial charge on any atom is -0.497 e. The highest BCUT2D eigenvalue weighted by atomic mass is 16.5. The second kappa shape index (κ2) is 7.05. The van der Waals surface area contributed by atoms with Crippen LogP contribution in [0, 0.1) is 0 Å². The van der Waals surface area contributed by atoms with E-state index in [2.05, 4.69) is 18.7 Å². The van der Waals surface area contributed by atoms with E-state index in [1.165, 1.54) is 0 Å². The second-order valence-corrected chi connectivity index (χ2v) is 5.79. The zero-order valence-corrected chi connectivity index (χ0v) is 14.5. The van der Waals surface area contributed by atoms with Crippen LogP contribution < -0.4 is 9.47 Å². The standard InChI is InChI=1S/C20H23NO3/c1-4-21(5-2)11-12-24-18-8-6-7-16-19(18)15-10-9-14(23-3)13-17(15)20(16)22/h6-10,13H,4-5,11-12H2,1-3H3. The largest absolute Gasteiger partial charge is 0.497 e. The third kappa shape index (κ3) is 2.89. The number of ether oxygens (including phenoxy) is 2. The van der Waals surface area contributed by atoms with Gasteiger partial charge in [-0.25, -0.2) is 0 Å². The molecule has 4 nitrogen and oxygen atoms in total. The van der Waals surface area contributed by atoms with Gasteiger partial charge in [0.05, 0.1) is 7.11 Å². The fourth-order valence-electron chi connectivity index (χ4n) is 3.14. The first kappa shape index (κ1) is 16.5. The van der Waals surface area contributed by atoms with Gasteiger partial charge in [0.25, 0.3) is 0 Å². The number of methoxy groups -OCH3 is 1. The number of carbonyl (C=O) groups is 1. The van der Waals surface area contributed by atoms with Crippen molar-refractivity contribution in [3.63, 3.8) is 0 Å². The van der Waals surface area contributed by atoms with E-state index in [0.717, 1.165) is 36.5 Å². The van der Waals surface area contributed by atoms with Crippen molar-refractivity contribution < 1.29 is 14.3 Å². The molecule has 0 saturated heterocycles. The van der Waals surface area contributed by atoms with Crippen LogP contribution in [0.4, 0.5) is 0 Å². The number of nitrogens with zero attached hydrogens (tertiary/aromatic N) is 1. The van der Waals surface area contributed by atoms with E-state index < -0.39 is 0 Å². The summed E-state index contributed by atoms with van der Waals surface area (Å²) in [5, 5.41) is 0. The lowest BCUT2D eigenvalue weighted by Gasteiger charge is -2.19. The fraction of sp³-hybridized carbons (Fsp3) is 0.350. The molecule has 0 aromatic heterocycles. The van der Waals surface area contributed by atoms with Crippen LogP contribution in [0.1, 0.15) is 29.8 Å². The third-order valence-electron chi connectivity index (χ3n) is 4.57. The molecule has 0 atom stereocenters. The lowest BCUT2D eigenvalue weighted by atomic mass is 10.0. The summed E-state index contributed by atoms with van der Waals surface area (Å²) in [6.07, 6.45) is 0. The maximum Gasteiger partial charge on any atom is 0.194 e. The van der Waals surface area contributed by atoms with Crippen molar-refractivity contribution in [3.05, 3.63) is 47.5 Å². The highest BCUT2D eigenvalue weighted by Crippen LogP contribution is 2.43. The average Bonchev–Trinajstić information content (AvgIpc) is 2.91. The number of hydrogen-bond donors (Lipinski definition) is 0. The minimum absolute atomic E-state index is 0.0353. The number of carbonyl (C=O) groups excluding carboxylic acids is 1. The van der Waals surface area contributed by atoms with Gasteiger partial charge >= 0.3 is 0 Å². The first-order valence-electron chi connectivity index (χ1n) is 8.40. The molecule has 0 spiro atoms. The molecule has 4 heteroatoms. The average molecular weight is 325 g/mol. The molecule has 3 rings (SSSR count). The molecule has 0 bridgehead atoms. The number of rotatable bonds is 7. The van der Waals surface area contributed by atoms with Crippen LogP contribution in [0.15, 0.2) is 36.4 Å². The molecule has 1 aliphatic rings. The second-order valence-electron chi connectivity index (χ2n) is 5.79. The van der Waals surface area contributed by atoms with E-state index in [1.54, 1.807) is 13.2 Å². The van der Waals surface area contributed by atoms with Crippen LogP contribution in [0.5, 0.6) is 11.5 Å². The Kier molecular flexibility index (Phi) is 4.86. The molecule has 0 heterocycles. The first-order chi connectivity index (χ1) is 11.7. The van der Waals surface area contributed by atoms with Crippen LogP contribution in [0.2, 0.25) is 0 Å². The van der Waals surface area contributed by atoms with Crippen LogP contribution in [0.25, 0.3) is 11.1 Å². The predicted octanol–water partition coefficient (Wildman–Crippen LogP) is 3.63. The SMILES string of the molecule is CCN(CC)CCOc1cccc2c1-c1ccc(OC)cc1C2=O. The topological polar surface area (TPSA) is 38.8 Å². The Morgan fingerprint density at radius 2 is 1.79 bits per heavy atom. The molecule has 0 radical (unpaired) electrons. The Bertz CT molecular complexity index is 751. The van der Waals surface area contributed by atoms with Gasteiger partial charge in [0, 0.05) is 23.2 Å². The van der Waals surface area contributed by atoms with Crippen molar-refractivity contribution in [2.45, 2.75) is 13.8 Å². The van der Waals surface area contributed by atoms with Gasteiger partial charge in [-0.2, -0.15) is 0 Å². The molecule has 126 valence electrons. The number of hydrogen-bond acceptors (Lipinski definition) is 4. The van der Waals surface area contributed by atoms with E-state index >= 15 is 0 Å². The van der Waals surface area contributed by atoms with E-state index in [9.17, 15) is 4.79 Å². The van der Waals surface area contributed by atoms with Crippen LogP contribution in [-0.4, -0.2) is 44.0 Å². The lowest BCUT2D eigenvalue weighted by molar-refractivity contribution is 0.104. The molecule has 0 N–H and O–H groups in total. The summed E-state index contributed by atoms with van der Waals surface area (Å²) >= 11 is 0. The minimum atomic E-state index is 0.0353. The maximum absolute atomic E-state index is 12.7. The lowest BCUT2D eigenvalue weighted by Crippen LogP contribution is -2.27. The number of fused-ring (bicyclic) bond motifs is 3. The molecular formula is C20H23NO3. The monoisotopic (exact) mass is 325 g/mol. The molecule has 1 aliphatic carbocycles. The van der Waals surface area contributed by atoms with Gasteiger partial charge in [0.1, 0.15) is 18.1 Å². The summed E-state index contributed by atoms with van der Waals surface area (Å²) in [5.41, 5.74) is 3.22. The van der Waals surface area contributed by atoms with E-state index in [4.69, 9.17) is 9.47 Å².